The van der Waals surface area contributed by atoms with Crippen molar-refractivity contribution in [2.45, 2.75) is 11.8 Å². The summed E-state index contributed by atoms with van der Waals surface area (Å²) in [6.45, 7) is 2.17. The molecule has 0 fully saturated rings. The molecule has 0 aliphatic carbocycles. The average Bonchev–Trinajstić information content (AvgIpc) is 2.42. The highest BCUT2D eigenvalue weighted by molar-refractivity contribution is 7.94. The van der Waals surface area contributed by atoms with Crippen molar-refractivity contribution < 1.29 is 24.2 Å². The molecule has 19 heavy (non-hydrogen) atoms. The molecule has 0 aliphatic rings. The molecule has 0 aromatic heterocycles. The first-order chi connectivity index (χ1) is 9.13. The SMILES string of the molecule is COc1cc(C(=O)NCCCl)c(C)cc1SOOO. The largest absolute Gasteiger partial charge is 0.495 e. The van der Waals surface area contributed by atoms with Gasteiger partial charge in [-0.05, 0) is 24.6 Å². The molecule has 8 heteroatoms. The summed E-state index contributed by atoms with van der Waals surface area (Å²) in [4.78, 5) is 12.5. The highest BCUT2D eigenvalue weighted by Gasteiger charge is 2.14. The highest BCUT2D eigenvalue weighted by atomic mass is 35.5. The topological polar surface area (TPSA) is 77.0 Å². The number of alkyl halides is 1. The second kappa shape index (κ2) is 8.23. The molecule has 0 aliphatic heterocycles. The molecule has 1 rings (SSSR count). The first-order valence-electron chi connectivity index (χ1n) is 5.31. The minimum Gasteiger partial charge on any atom is -0.495 e. The zero-order chi connectivity index (χ0) is 14.3. The van der Waals surface area contributed by atoms with Crippen LogP contribution in [-0.2, 0) is 9.37 Å². The molecule has 0 spiro atoms. The lowest BCUT2D eigenvalue weighted by atomic mass is 10.1. The van der Waals surface area contributed by atoms with E-state index in [4.69, 9.17) is 21.6 Å². The Labute approximate surface area is 120 Å². The Bertz CT molecular complexity index is 443. The molecule has 1 aromatic carbocycles. The zero-order valence-corrected chi connectivity index (χ0v) is 12.0. The van der Waals surface area contributed by atoms with Gasteiger partial charge >= 0.3 is 0 Å². The van der Waals surface area contributed by atoms with E-state index in [1.165, 1.54) is 7.11 Å². The van der Waals surface area contributed by atoms with E-state index < -0.39 is 0 Å². The molecule has 106 valence electrons. The second-order valence-electron chi connectivity index (χ2n) is 3.49. The summed E-state index contributed by atoms with van der Waals surface area (Å²) in [5.74, 6) is 0.549. The van der Waals surface area contributed by atoms with Crippen LogP contribution < -0.4 is 10.1 Å². The minimum atomic E-state index is -0.229. The predicted octanol–water partition coefficient (Wildman–Crippen LogP) is 2.40. The third-order valence-electron chi connectivity index (χ3n) is 2.29. The van der Waals surface area contributed by atoms with Gasteiger partial charge in [-0.3, -0.25) is 4.79 Å². The van der Waals surface area contributed by atoms with E-state index in [1.54, 1.807) is 19.1 Å². The third-order valence-corrected chi connectivity index (χ3v) is 3.11. The summed E-state index contributed by atoms with van der Waals surface area (Å²) in [5, 5.41) is 14.3. The number of rotatable bonds is 7. The summed E-state index contributed by atoms with van der Waals surface area (Å²) >= 11 is 6.29. The van der Waals surface area contributed by atoms with Crippen LogP contribution in [0.1, 0.15) is 15.9 Å². The number of aryl methyl sites for hydroxylation is 1. The van der Waals surface area contributed by atoms with Crippen LogP contribution >= 0.6 is 23.6 Å². The second-order valence-corrected chi connectivity index (χ2v) is 4.61. The Morgan fingerprint density at radius 1 is 1.53 bits per heavy atom. The van der Waals surface area contributed by atoms with E-state index in [-0.39, 0.29) is 5.91 Å². The van der Waals surface area contributed by atoms with Gasteiger partial charge in [0.05, 0.1) is 24.0 Å². The van der Waals surface area contributed by atoms with Crippen molar-refractivity contribution in [3.8, 4) is 5.75 Å². The van der Waals surface area contributed by atoms with E-state index >= 15 is 0 Å². The molecule has 0 heterocycles. The number of ether oxygens (including phenoxy) is 1. The number of halogens is 1. The van der Waals surface area contributed by atoms with Gasteiger partial charge in [-0.1, -0.05) is 5.04 Å². The van der Waals surface area contributed by atoms with Gasteiger partial charge in [0.25, 0.3) is 5.91 Å². The number of carbonyl (C=O) groups excluding carboxylic acids is 1. The number of nitrogens with one attached hydrogen (secondary N) is 1. The van der Waals surface area contributed by atoms with E-state index in [0.29, 0.717) is 28.6 Å². The van der Waals surface area contributed by atoms with Gasteiger partial charge in [0.1, 0.15) is 5.75 Å². The van der Waals surface area contributed by atoms with Gasteiger partial charge in [-0.15, -0.1) is 15.9 Å². The van der Waals surface area contributed by atoms with Crippen LogP contribution in [0.3, 0.4) is 0 Å². The van der Waals surface area contributed by atoms with Crippen molar-refractivity contribution in [2.75, 3.05) is 19.5 Å². The molecule has 0 bridgehead atoms. The quantitative estimate of drug-likeness (QED) is 0.349. The number of hydrogen-bond acceptors (Lipinski definition) is 6. The third kappa shape index (κ3) is 4.55. The molecule has 6 nitrogen and oxygen atoms in total. The number of amides is 1. The highest BCUT2D eigenvalue weighted by Crippen LogP contribution is 2.32. The smallest absolute Gasteiger partial charge is 0.251 e. The number of methoxy groups -OCH3 is 1. The van der Waals surface area contributed by atoms with Gasteiger partial charge < -0.3 is 10.1 Å². The van der Waals surface area contributed by atoms with Crippen molar-refractivity contribution in [3.05, 3.63) is 23.3 Å². The molecule has 0 radical (unpaired) electrons. The Balaban J connectivity index is 2.98. The molecule has 0 atom stereocenters. The summed E-state index contributed by atoms with van der Waals surface area (Å²) in [6, 6.07) is 3.28. The molecular weight excluding hydrogens is 294 g/mol. The Hall–Kier alpha value is -0.990. The van der Waals surface area contributed by atoms with Crippen LogP contribution in [0, 0.1) is 6.92 Å². The van der Waals surface area contributed by atoms with Gasteiger partial charge in [-0.2, -0.15) is 0 Å². The molecule has 0 unspecified atom stereocenters. The Kier molecular flexibility index (Phi) is 6.96. The van der Waals surface area contributed by atoms with Crippen molar-refractivity contribution in [1.29, 1.82) is 0 Å². The summed E-state index contributed by atoms with van der Waals surface area (Å²) in [5.41, 5.74) is 1.22. The fourth-order valence-electron chi connectivity index (χ4n) is 1.44. The van der Waals surface area contributed by atoms with Crippen molar-refractivity contribution in [3.63, 3.8) is 0 Å². The Morgan fingerprint density at radius 2 is 2.26 bits per heavy atom. The van der Waals surface area contributed by atoms with Crippen LogP contribution in [0.15, 0.2) is 17.0 Å². The van der Waals surface area contributed by atoms with E-state index in [0.717, 1.165) is 17.6 Å². The van der Waals surface area contributed by atoms with Crippen LogP contribution in [0.4, 0.5) is 0 Å². The van der Waals surface area contributed by atoms with Crippen LogP contribution in [0.25, 0.3) is 0 Å². The number of benzene rings is 1. The maximum Gasteiger partial charge on any atom is 0.251 e. The van der Waals surface area contributed by atoms with Crippen molar-refractivity contribution in [2.24, 2.45) is 0 Å². The van der Waals surface area contributed by atoms with Gasteiger partial charge in [0.2, 0.25) is 0 Å². The van der Waals surface area contributed by atoms with Gasteiger partial charge in [-0.25, -0.2) is 5.26 Å². The zero-order valence-electron chi connectivity index (χ0n) is 10.4. The molecule has 0 saturated carbocycles. The normalized spacial score (nSPS) is 10.3. The summed E-state index contributed by atoms with van der Waals surface area (Å²) in [6.07, 6.45) is 0. The van der Waals surface area contributed by atoms with E-state index in [9.17, 15) is 4.79 Å². The van der Waals surface area contributed by atoms with Gasteiger partial charge in [0.15, 0.2) is 0 Å². The van der Waals surface area contributed by atoms with Crippen LogP contribution in [-0.4, -0.2) is 30.7 Å². The fourth-order valence-corrected chi connectivity index (χ4v) is 2.09. The molecule has 0 saturated heterocycles. The van der Waals surface area contributed by atoms with Crippen LogP contribution in [0.2, 0.25) is 0 Å². The molecule has 2 N–H and O–H groups in total. The Morgan fingerprint density at radius 3 is 2.84 bits per heavy atom. The monoisotopic (exact) mass is 307 g/mol. The maximum absolute atomic E-state index is 11.9. The predicted molar refractivity (Wildman–Crippen MR) is 71.4 cm³/mol. The first kappa shape index (κ1) is 16.1. The van der Waals surface area contributed by atoms with E-state index in [2.05, 4.69) is 14.7 Å². The maximum atomic E-state index is 11.9. The van der Waals surface area contributed by atoms with Gasteiger partial charge in [0, 0.05) is 18.0 Å². The number of carbonyl (C=O) groups is 1. The molecular formula is C11H14ClNO5S. The first-order valence-corrected chi connectivity index (χ1v) is 6.59. The van der Waals surface area contributed by atoms with E-state index in [1.807, 2.05) is 0 Å². The average molecular weight is 308 g/mol. The minimum absolute atomic E-state index is 0.229. The van der Waals surface area contributed by atoms with Crippen molar-refractivity contribution in [1.82, 2.24) is 5.32 Å². The fraction of sp³-hybridized carbons (Fsp3) is 0.364. The molecule has 1 aromatic rings. The standard InChI is InChI=1S/C11H14ClNO5S/c1-7-5-10(19-18-17-15)9(16-2)6-8(7)11(14)13-4-3-12/h5-6,15H,3-4H2,1-2H3,(H,13,14). The lowest BCUT2D eigenvalue weighted by Gasteiger charge is -2.12. The molecule has 1 amide bonds. The summed E-state index contributed by atoms with van der Waals surface area (Å²) in [7, 11) is 1.47. The summed E-state index contributed by atoms with van der Waals surface area (Å²) < 4.78 is 9.51. The lowest BCUT2D eigenvalue weighted by Crippen LogP contribution is -2.26. The van der Waals surface area contributed by atoms with Crippen LogP contribution in [0.5, 0.6) is 5.75 Å². The number of hydrogen-bond donors (Lipinski definition) is 2. The lowest BCUT2D eigenvalue weighted by molar-refractivity contribution is -0.432. The van der Waals surface area contributed by atoms with Crippen molar-refractivity contribution >= 4 is 29.6 Å².